The lowest BCUT2D eigenvalue weighted by atomic mass is 9.94. The first-order valence-corrected chi connectivity index (χ1v) is 10.9. The maximum absolute atomic E-state index is 13.1. The SMILES string of the molecule is O=C([C@H]1CCCO1)N1CC(=O)N(C2CCCCC2)C[C@@H](OCc2cccnc2)C1. The topological polar surface area (TPSA) is 72.0 Å². The van der Waals surface area contributed by atoms with Crippen molar-refractivity contribution in [2.45, 2.75) is 69.8 Å². The van der Waals surface area contributed by atoms with Crippen molar-refractivity contribution in [3.8, 4) is 0 Å². The molecule has 29 heavy (non-hydrogen) atoms. The fourth-order valence-corrected chi connectivity index (χ4v) is 4.64. The molecule has 2 saturated heterocycles. The highest BCUT2D eigenvalue weighted by molar-refractivity contribution is 5.87. The van der Waals surface area contributed by atoms with Crippen molar-refractivity contribution >= 4 is 11.8 Å². The van der Waals surface area contributed by atoms with Crippen molar-refractivity contribution in [1.29, 1.82) is 0 Å². The van der Waals surface area contributed by atoms with Crippen LogP contribution in [0.1, 0.15) is 50.5 Å². The van der Waals surface area contributed by atoms with Crippen molar-refractivity contribution < 1.29 is 19.1 Å². The van der Waals surface area contributed by atoms with Crippen LogP contribution in [0.3, 0.4) is 0 Å². The van der Waals surface area contributed by atoms with E-state index in [4.69, 9.17) is 9.47 Å². The van der Waals surface area contributed by atoms with E-state index >= 15 is 0 Å². The second kappa shape index (κ2) is 9.67. The van der Waals surface area contributed by atoms with Crippen LogP contribution in [0.25, 0.3) is 0 Å². The number of pyridine rings is 1. The van der Waals surface area contributed by atoms with E-state index in [2.05, 4.69) is 4.98 Å². The summed E-state index contributed by atoms with van der Waals surface area (Å²) in [6.07, 6.45) is 10.2. The van der Waals surface area contributed by atoms with Gasteiger partial charge in [0, 0.05) is 38.1 Å². The molecule has 3 aliphatic rings. The smallest absolute Gasteiger partial charge is 0.252 e. The molecule has 0 unspecified atom stereocenters. The maximum atomic E-state index is 13.1. The highest BCUT2D eigenvalue weighted by atomic mass is 16.5. The highest BCUT2D eigenvalue weighted by Gasteiger charge is 2.37. The fourth-order valence-electron chi connectivity index (χ4n) is 4.64. The summed E-state index contributed by atoms with van der Waals surface area (Å²) in [7, 11) is 0. The van der Waals surface area contributed by atoms with Crippen LogP contribution in [0.4, 0.5) is 0 Å². The first kappa shape index (κ1) is 20.3. The third kappa shape index (κ3) is 5.14. The molecule has 1 aromatic rings. The van der Waals surface area contributed by atoms with Gasteiger partial charge in [0.05, 0.1) is 19.3 Å². The van der Waals surface area contributed by atoms with Crippen LogP contribution in [-0.4, -0.2) is 71.1 Å². The Morgan fingerprint density at radius 3 is 2.76 bits per heavy atom. The van der Waals surface area contributed by atoms with Gasteiger partial charge in [-0.05, 0) is 37.3 Å². The summed E-state index contributed by atoms with van der Waals surface area (Å²) in [4.78, 5) is 33.8. The summed E-state index contributed by atoms with van der Waals surface area (Å²) >= 11 is 0. The summed E-state index contributed by atoms with van der Waals surface area (Å²) in [6, 6.07) is 4.12. The number of ether oxygens (including phenoxy) is 2. The van der Waals surface area contributed by atoms with E-state index in [1.54, 1.807) is 17.3 Å². The van der Waals surface area contributed by atoms with Crippen LogP contribution in [0, 0.1) is 0 Å². The number of rotatable bonds is 5. The number of aromatic nitrogens is 1. The summed E-state index contributed by atoms with van der Waals surface area (Å²) in [6.45, 7) is 2.13. The largest absolute Gasteiger partial charge is 0.370 e. The lowest BCUT2D eigenvalue weighted by molar-refractivity contribution is -0.146. The monoisotopic (exact) mass is 401 g/mol. The summed E-state index contributed by atoms with van der Waals surface area (Å²) in [5.41, 5.74) is 0.990. The van der Waals surface area contributed by atoms with Gasteiger partial charge in [-0.1, -0.05) is 25.3 Å². The third-order valence-electron chi connectivity index (χ3n) is 6.21. The molecule has 3 heterocycles. The van der Waals surface area contributed by atoms with Gasteiger partial charge in [0.2, 0.25) is 5.91 Å². The van der Waals surface area contributed by atoms with Gasteiger partial charge in [-0.25, -0.2) is 0 Å². The normalized spacial score (nSPS) is 26.6. The zero-order chi connectivity index (χ0) is 20.1. The summed E-state index contributed by atoms with van der Waals surface area (Å²) in [5.74, 6) is -0.0351. The number of carbonyl (C=O) groups excluding carboxylic acids is 2. The minimum atomic E-state index is -0.414. The van der Waals surface area contributed by atoms with Gasteiger partial charge in [0.1, 0.15) is 6.10 Å². The van der Waals surface area contributed by atoms with Crippen LogP contribution in [-0.2, 0) is 25.7 Å². The van der Waals surface area contributed by atoms with Gasteiger partial charge >= 0.3 is 0 Å². The molecule has 1 aliphatic carbocycles. The lowest BCUT2D eigenvalue weighted by Crippen LogP contribution is -2.46. The molecule has 0 aromatic carbocycles. The van der Waals surface area contributed by atoms with Crippen molar-refractivity contribution in [3.05, 3.63) is 30.1 Å². The van der Waals surface area contributed by atoms with Crippen LogP contribution in [0.2, 0.25) is 0 Å². The molecule has 0 bridgehead atoms. The molecule has 3 fully saturated rings. The molecule has 2 atom stereocenters. The Bertz CT molecular complexity index is 687. The quantitative estimate of drug-likeness (QED) is 0.756. The Kier molecular flexibility index (Phi) is 6.77. The van der Waals surface area contributed by atoms with Gasteiger partial charge in [0.25, 0.3) is 5.91 Å². The van der Waals surface area contributed by atoms with E-state index in [0.29, 0.717) is 26.3 Å². The first-order valence-electron chi connectivity index (χ1n) is 10.9. The van der Waals surface area contributed by atoms with E-state index < -0.39 is 6.10 Å². The van der Waals surface area contributed by atoms with Gasteiger partial charge in [-0.15, -0.1) is 0 Å². The van der Waals surface area contributed by atoms with E-state index in [0.717, 1.165) is 44.1 Å². The Balaban J connectivity index is 1.48. The number of hydrogen-bond donors (Lipinski definition) is 0. The molecule has 7 heteroatoms. The first-order chi connectivity index (χ1) is 14.2. The third-order valence-corrected chi connectivity index (χ3v) is 6.21. The van der Waals surface area contributed by atoms with E-state index in [9.17, 15) is 9.59 Å². The number of carbonyl (C=O) groups is 2. The van der Waals surface area contributed by atoms with Crippen LogP contribution in [0.5, 0.6) is 0 Å². The molecule has 158 valence electrons. The molecule has 2 amide bonds. The molecule has 7 nitrogen and oxygen atoms in total. The van der Waals surface area contributed by atoms with Crippen molar-refractivity contribution in [3.63, 3.8) is 0 Å². The van der Waals surface area contributed by atoms with Gasteiger partial charge in [-0.3, -0.25) is 14.6 Å². The molecule has 2 aliphatic heterocycles. The predicted molar refractivity (Wildman–Crippen MR) is 107 cm³/mol. The number of nitrogens with zero attached hydrogens (tertiary/aromatic N) is 3. The molecular weight excluding hydrogens is 370 g/mol. The average molecular weight is 402 g/mol. The van der Waals surface area contributed by atoms with E-state index in [-0.39, 0.29) is 30.5 Å². The lowest BCUT2D eigenvalue weighted by Gasteiger charge is -2.34. The molecule has 0 N–H and O–H groups in total. The van der Waals surface area contributed by atoms with Crippen LogP contribution in [0.15, 0.2) is 24.5 Å². The molecular formula is C22H31N3O4. The van der Waals surface area contributed by atoms with Gasteiger partial charge < -0.3 is 19.3 Å². The highest BCUT2D eigenvalue weighted by Crippen LogP contribution is 2.25. The van der Waals surface area contributed by atoms with Crippen molar-refractivity contribution in [2.75, 3.05) is 26.2 Å². The second-order valence-corrected chi connectivity index (χ2v) is 8.35. The van der Waals surface area contributed by atoms with Crippen molar-refractivity contribution in [1.82, 2.24) is 14.8 Å². The molecule has 0 spiro atoms. The van der Waals surface area contributed by atoms with E-state index in [1.807, 2.05) is 17.0 Å². The Labute approximate surface area is 172 Å². The number of hydrogen-bond acceptors (Lipinski definition) is 5. The number of amides is 2. The molecule has 1 saturated carbocycles. The minimum Gasteiger partial charge on any atom is -0.370 e. The second-order valence-electron chi connectivity index (χ2n) is 8.35. The fraction of sp³-hybridized carbons (Fsp3) is 0.682. The van der Waals surface area contributed by atoms with Gasteiger partial charge in [-0.2, -0.15) is 0 Å². The maximum Gasteiger partial charge on any atom is 0.252 e. The minimum absolute atomic E-state index is 0.0377. The summed E-state index contributed by atoms with van der Waals surface area (Å²) < 4.78 is 11.8. The zero-order valence-electron chi connectivity index (χ0n) is 17.0. The van der Waals surface area contributed by atoms with E-state index in [1.165, 1.54) is 6.42 Å². The van der Waals surface area contributed by atoms with Crippen molar-refractivity contribution in [2.24, 2.45) is 0 Å². The Hall–Kier alpha value is -1.99. The van der Waals surface area contributed by atoms with Crippen LogP contribution >= 0.6 is 0 Å². The summed E-state index contributed by atoms with van der Waals surface area (Å²) in [5, 5.41) is 0. The van der Waals surface area contributed by atoms with Gasteiger partial charge in [0.15, 0.2) is 0 Å². The van der Waals surface area contributed by atoms with Crippen LogP contribution < -0.4 is 0 Å². The standard InChI is InChI=1S/C22H31N3O4/c26-21-15-24(22(27)20-9-5-11-28-20)13-19(29-16-17-6-4-10-23-12-17)14-25(21)18-7-2-1-3-8-18/h4,6,10,12,18-20H,1-3,5,7-9,11,13-16H2/t19-,20+/m0/s1. The predicted octanol–water partition coefficient (Wildman–Crippen LogP) is 2.15. The average Bonchev–Trinajstić information content (AvgIpc) is 3.24. The molecule has 0 radical (unpaired) electrons. The molecule has 1 aromatic heterocycles. The zero-order valence-corrected chi connectivity index (χ0v) is 17.0. The molecule has 4 rings (SSSR count). The Morgan fingerprint density at radius 1 is 1.17 bits per heavy atom. The Morgan fingerprint density at radius 2 is 2.03 bits per heavy atom.